The summed E-state index contributed by atoms with van der Waals surface area (Å²) >= 11 is 0. The van der Waals surface area contributed by atoms with Crippen molar-refractivity contribution in [3.63, 3.8) is 0 Å². The molecule has 2 heteroatoms. The van der Waals surface area contributed by atoms with Gasteiger partial charge >= 0.3 is 0 Å². The molecule has 1 unspecified atom stereocenters. The van der Waals surface area contributed by atoms with Crippen LogP contribution in [0.2, 0.25) is 0 Å². The van der Waals surface area contributed by atoms with Crippen LogP contribution in [0.4, 0.5) is 0 Å². The van der Waals surface area contributed by atoms with Gasteiger partial charge in [-0.1, -0.05) is 36.8 Å². The molecule has 2 heterocycles. The molecule has 1 N–H and O–H groups in total. The maximum Gasteiger partial charge on any atom is 0.0349 e. The molecule has 2 fully saturated rings. The highest BCUT2D eigenvalue weighted by Gasteiger charge is 2.40. The van der Waals surface area contributed by atoms with Gasteiger partial charge in [0.1, 0.15) is 0 Å². The summed E-state index contributed by atoms with van der Waals surface area (Å²) in [5.41, 5.74) is 1.93. The Bertz CT molecular complexity index is 354. The van der Waals surface area contributed by atoms with Crippen LogP contribution in [-0.2, 0) is 6.54 Å². The van der Waals surface area contributed by atoms with Crippen LogP contribution in [-0.4, -0.2) is 30.1 Å². The van der Waals surface area contributed by atoms with Crippen LogP contribution in [0.3, 0.4) is 0 Å². The van der Waals surface area contributed by atoms with Crippen molar-refractivity contribution in [3.05, 3.63) is 35.9 Å². The Morgan fingerprint density at radius 3 is 2.76 bits per heavy atom. The Labute approximate surface area is 104 Å². The van der Waals surface area contributed by atoms with E-state index >= 15 is 0 Å². The summed E-state index contributed by atoms with van der Waals surface area (Å²) in [7, 11) is 0. The Morgan fingerprint density at radius 1 is 1.12 bits per heavy atom. The lowest BCUT2D eigenvalue weighted by atomic mass is 9.85. The fraction of sp³-hybridized carbons (Fsp3) is 0.600. The summed E-state index contributed by atoms with van der Waals surface area (Å²) in [5.74, 6) is 0. The monoisotopic (exact) mass is 230 g/mol. The first-order valence-electron chi connectivity index (χ1n) is 6.89. The Kier molecular flexibility index (Phi) is 3.17. The average Bonchev–Trinajstić information content (AvgIpc) is 2.83. The summed E-state index contributed by atoms with van der Waals surface area (Å²) < 4.78 is 0. The average molecular weight is 230 g/mol. The zero-order valence-corrected chi connectivity index (χ0v) is 10.5. The third kappa shape index (κ3) is 2.24. The van der Waals surface area contributed by atoms with E-state index in [1.165, 1.54) is 50.9 Å². The molecule has 1 aromatic carbocycles. The molecular weight excluding hydrogens is 208 g/mol. The first kappa shape index (κ1) is 11.2. The first-order chi connectivity index (χ1) is 8.39. The minimum atomic E-state index is 0.466. The second kappa shape index (κ2) is 4.79. The second-order valence-corrected chi connectivity index (χ2v) is 5.52. The van der Waals surface area contributed by atoms with E-state index in [1.54, 1.807) is 0 Å². The number of nitrogens with one attached hydrogen (secondary N) is 1. The molecular formula is C15H22N2. The van der Waals surface area contributed by atoms with Gasteiger partial charge in [-0.25, -0.2) is 0 Å². The fourth-order valence-electron chi connectivity index (χ4n) is 3.42. The molecule has 1 spiro atoms. The zero-order valence-electron chi connectivity index (χ0n) is 10.5. The maximum atomic E-state index is 3.56. The second-order valence-electron chi connectivity index (χ2n) is 5.52. The van der Waals surface area contributed by atoms with Gasteiger partial charge in [0.2, 0.25) is 0 Å². The molecule has 2 aliphatic rings. The Balaban J connectivity index is 1.76. The molecule has 2 nitrogen and oxygen atoms in total. The zero-order chi connectivity index (χ0) is 11.6. The summed E-state index contributed by atoms with van der Waals surface area (Å²) in [6, 6.07) is 10.9. The van der Waals surface area contributed by atoms with Crippen LogP contribution in [0.1, 0.15) is 31.2 Å². The number of hydrogen-bond acceptors (Lipinski definition) is 2. The smallest absolute Gasteiger partial charge is 0.0349 e. The van der Waals surface area contributed by atoms with Gasteiger partial charge in [-0.15, -0.1) is 0 Å². The van der Waals surface area contributed by atoms with Crippen molar-refractivity contribution in [2.45, 2.75) is 37.8 Å². The van der Waals surface area contributed by atoms with Crippen molar-refractivity contribution in [1.29, 1.82) is 0 Å². The number of likely N-dealkylation sites (tertiary alicyclic amines) is 1. The normalized spacial score (nSPS) is 29.9. The van der Waals surface area contributed by atoms with Crippen molar-refractivity contribution in [3.8, 4) is 0 Å². The van der Waals surface area contributed by atoms with E-state index < -0.39 is 0 Å². The van der Waals surface area contributed by atoms with E-state index in [0.717, 1.165) is 6.54 Å². The third-order valence-electron chi connectivity index (χ3n) is 4.43. The lowest BCUT2D eigenvalue weighted by molar-refractivity contribution is 0.0546. The van der Waals surface area contributed by atoms with E-state index in [0.29, 0.717) is 5.54 Å². The minimum Gasteiger partial charge on any atom is -0.315 e. The van der Waals surface area contributed by atoms with Crippen LogP contribution in [0.5, 0.6) is 0 Å². The van der Waals surface area contributed by atoms with Gasteiger partial charge < -0.3 is 5.32 Å². The van der Waals surface area contributed by atoms with Gasteiger partial charge in [0, 0.05) is 18.6 Å². The highest BCUT2D eigenvalue weighted by molar-refractivity contribution is 5.15. The van der Waals surface area contributed by atoms with Gasteiger partial charge in [0.05, 0.1) is 0 Å². The number of rotatable bonds is 2. The number of hydrogen-bond donors (Lipinski definition) is 1. The predicted molar refractivity (Wildman–Crippen MR) is 70.9 cm³/mol. The summed E-state index contributed by atoms with van der Waals surface area (Å²) in [5, 5.41) is 3.56. The molecule has 0 aromatic heterocycles. The van der Waals surface area contributed by atoms with E-state index in [1.807, 2.05) is 0 Å². The van der Waals surface area contributed by atoms with E-state index in [-0.39, 0.29) is 0 Å². The molecule has 17 heavy (non-hydrogen) atoms. The van der Waals surface area contributed by atoms with Gasteiger partial charge in [0.15, 0.2) is 0 Å². The molecule has 92 valence electrons. The van der Waals surface area contributed by atoms with E-state index in [4.69, 9.17) is 0 Å². The van der Waals surface area contributed by atoms with Crippen LogP contribution in [0.25, 0.3) is 0 Å². The van der Waals surface area contributed by atoms with Crippen LogP contribution < -0.4 is 5.32 Å². The lowest BCUT2D eigenvalue weighted by Gasteiger charge is -2.44. The van der Waals surface area contributed by atoms with Gasteiger partial charge in [0.25, 0.3) is 0 Å². The molecule has 0 bridgehead atoms. The fourth-order valence-corrected chi connectivity index (χ4v) is 3.42. The van der Waals surface area contributed by atoms with Crippen LogP contribution in [0.15, 0.2) is 30.3 Å². The molecule has 0 amide bonds. The van der Waals surface area contributed by atoms with Crippen LogP contribution >= 0.6 is 0 Å². The molecule has 1 atom stereocenters. The van der Waals surface area contributed by atoms with Crippen molar-refractivity contribution >= 4 is 0 Å². The highest BCUT2D eigenvalue weighted by atomic mass is 15.2. The lowest BCUT2D eigenvalue weighted by Crippen LogP contribution is -2.52. The van der Waals surface area contributed by atoms with E-state index in [9.17, 15) is 0 Å². The van der Waals surface area contributed by atoms with Crippen LogP contribution in [0, 0.1) is 0 Å². The standard InChI is InChI=1S/C15H22N2/c1-2-6-14(7-3-1)12-17-11-5-4-8-15(17)9-10-16-13-15/h1-3,6-7,16H,4-5,8-13H2. The number of piperidine rings is 1. The Hall–Kier alpha value is -0.860. The number of benzene rings is 1. The largest absolute Gasteiger partial charge is 0.315 e. The maximum absolute atomic E-state index is 3.56. The van der Waals surface area contributed by atoms with Gasteiger partial charge in [-0.05, 0) is 37.9 Å². The van der Waals surface area contributed by atoms with Gasteiger partial charge in [-0.3, -0.25) is 4.90 Å². The summed E-state index contributed by atoms with van der Waals surface area (Å²) in [6.45, 7) is 4.80. The van der Waals surface area contributed by atoms with E-state index in [2.05, 4.69) is 40.5 Å². The predicted octanol–water partition coefficient (Wildman–Crippen LogP) is 2.40. The molecule has 3 rings (SSSR count). The molecule has 2 aliphatic heterocycles. The minimum absolute atomic E-state index is 0.466. The summed E-state index contributed by atoms with van der Waals surface area (Å²) in [4.78, 5) is 2.73. The quantitative estimate of drug-likeness (QED) is 0.839. The summed E-state index contributed by atoms with van der Waals surface area (Å²) in [6.07, 6.45) is 5.49. The first-order valence-corrected chi connectivity index (χ1v) is 6.89. The SMILES string of the molecule is c1ccc(CN2CCCCC23CCNC3)cc1. The molecule has 0 aliphatic carbocycles. The highest BCUT2D eigenvalue weighted by Crippen LogP contribution is 2.34. The third-order valence-corrected chi connectivity index (χ3v) is 4.43. The topological polar surface area (TPSA) is 15.3 Å². The molecule has 1 aromatic rings. The van der Waals surface area contributed by atoms with Crippen molar-refractivity contribution < 1.29 is 0 Å². The van der Waals surface area contributed by atoms with Crippen molar-refractivity contribution in [2.24, 2.45) is 0 Å². The number of nitrogens with zero attached hydrogens (tertiary/aromatic N) is 1. The van der Waals surface area contributed by atoms with Crippen molar-refractivity contribution in [2.75, 3.05) is 19.6 Å². The van der Waals surface area contributed by atoms with Gasteiger partial charge in [-0.2, -0.15) is 0 Å². The Morgan fingerprint density at radius 2 is 2.00 bits per heavy atom. The van der Waals surface area contributed by atoms with Crippen molar-refractivity contribution in [1.82, 2.24) is 10.2 Å². The molecule has 0 radical (unpaired) electrons. The molecule has 2 saturated heterocycles. The molecule has 0 saturated carbocycles.